The number of aliphatic hydroxyl groups excluding tert-OH is 2. The lowest BCUT2D eigenvalue weighted by molar-refractivity contribution is -0.123. The van der Waals surface area contributed by atoms with Gasteiger partial charge in [0, 0.05) is 6.42 Å². The van der Waals surface area contributed by atoms with E-state index in [0.29, 0.717) is 12.8 Å². The minimum atomic E-state index is -0.658. The zero-order valence-corrected chi connectivity index (χ0v) is 34.3. The van der Waals surface area contributed by atoms with Crippen molar-refractivity contribution in [3.05, 3.63) is 72.9 Å². The number of rotatable bonds is 39. The number of nitrogens with one attached hydrogen (secondary N) is 1. The Kier molecular flexibility index (Phi) is 41.4. The van der Waals surface area contributed by atoms with Crippen molar-refractivity contribution >= 4 is 5.91 Å². The van der Waals surface area contributed by atoms with Crippen molar-refractivity contribution in [3.8, 4) is 0 Å². The van der Waals surface area contributed by atoms with Crippen LogP contribution in [0.1, 0.15) is 206 Å². The summed E-state index contributed by atoms with van der Waals surface area (Å²) in [6.07, 6.45) is 61.5. The van der Waals surface area contributed by atoms with Crippen LogP contribution in [0, 0.1) is 0 Å². The van der Waals surface area contributed by atoms with Gasteiger partial charge in [-0.25, -0.2) is 0 Å². The molecule has 2 unspecified atom stereocenters. The van der Waals surface area contributed by atoms with Gasteiger partial charge in [-0.15, -0.1) is 0 Å². The van der Waals surface area contributed by atoms with Gasteiger partial charge < -0.3 is 15.5 Å². The van der Waals surface area contributed by atoms with Crippen molar-refractivity contribution in [1.29, 1.82) is 0 Å². The molecule has 0 aliphatic carbocycles. The number of carbonyl (C=O) groups is 1. The minimum Gasteiger partial charge on any atom is -0.394 e. The molecule has 0 aromatic carbocycles. The molecule has 0 aliphatic heterocycles. The van der Waals surface area contributed by atoms with Crippen LogP contribution in [0.15, 0.2) is 72.9 Å². The summed E-state index contributed by atoms with van der Waals surface area (Å²) in [5.41, 5.74) is 0. The third-order valence-corrected chi connectivity index (χ3v) is 9.73. The predicted octanol–water partition coefficient (Wildman–Crippen LogP) is 13.9. The van der Waals surface area contributed by atoms with Crippen molar-refractivity contribution in [3.63, 3.8) is 0 Å². The van der Waals surface area contributed by atoms with Crippen LogP contribution in [0.4, 0.5) is 0 Å². The standard InChI is InChI=1S/C48H85NO3/c1-3-5-7-9-11-12-13-14-15-16-17-18-19-20-21-22-23-24-25-26-27-28-29-30-31-32-33-34-35-36-38-40-42-44-48(52)49-46(45-50)47(51)43-41-39-37-10-8-6-4-2/h5,7,11-12,14-15,17-18,20-21,23-24,46-47,50-51H,3-4,6,8-10,13,16,19,22,25-45H2,1-2H3,(H,49,52)/b7-5-,12-11-,15-14-,18-17-,21-20-,24-23-. The highest BCUT2D eigenvalue weighted by Gasteiger charge is 2.19. The van der Waals surface area contributed by atoms with E-state index < -0.39 is 12.1 Å². The van der Waals surface area contributed by atoms with E-state index in [1.165, 1.54) is 116 Å². The van der Waals surface area contributed by atoms with E-state index in [9.17, 15) is 15.0 Å². The highest BCUT2D eigenvalue weighted by molar-refractivity contribution is 5.76. The Morgan fingerprint density at radius 3 is 1.27 bits per heavy atom. The lowest BCUT2D eigenvalue weighted by atomic mass is 10.0. The summed E-state index contributed by atoms with van der Waals surface area (Å²) in [5, 5.41) is 22.9. The molecule has 52 heavy (non-hydrogen) atoms. The van der Waals surface area contributed by atoms with Crippen LogP contribution in [-0.4, -0.2) is 34.9 Å². The molecule has 0 spiro atoms. The van der Waals surface area contributed by atoms with Crippen LogP contribution in [0.5, 0.6) is 0 Å². The Bertz CT molecular complexity index is 915. The number of carbonyl (C=O) groups excluding carboxylic acids is 1. The summed E-state index contributed by atoms with van der Waals surface area (Å²) in [6, 6.07) is -0.536. The Labute approximate surface area is 323 Å². The number of hydrogen-bond donors (Lipinski definition) is 3. The number of unbranched alkanes of at least 4 members (excludes halogenated alkanes) is 20. The van der Waals surface area contributed by atoms with Crippen molar-refractivity contribution < 1.29 is 15.0 Å². The minimum absolute atomic E-state index is 0.0393. The summed E-state index contributed by atoms with van der Waals surface area (Å²) >= 11 is 0. The fourth-order valence-corrected chi connectivity index (χ4v) is 6.36. The number of hydrogen-bond acceptors (Lipinski definition) is 3. The van der Waals surface area contributed by atoms with Crippen molar-refractivity contribution in [2.45, 2.75) is 219 Å². The van der Waals surface area contributed by atoms with Crippen molar-refractivity contribution in [2.24, 2.45) is 0 Å². The molecule has 4 nitrogen and oxygen atoms in total. The monoisotopic (exact) mass is 724 g/mol. The maximum atomic E-state index is 12.3. The normalized spacial score (nSPS) is 13.7. The second-order valence-corrected chi connectivity index (χ2v) is 14.7. The summed E-state index contributed by atoms with van der Waals surface area (Å²) in [5.74, 6) is -0.0393. The molecule has 0 heterocycles. The molecule has 3 N–H and O–H groups in total. The molecule has 4 heteroatoms. The molecule has 0 saturated carbocycles. The number of aliphatic hydroxyl groups is 2. The van der Waals surface area contributed by atoms with E-state index in [1.807, 2.05) is 0 Å². The molecule has 2 atom stereocenters. The molecule has 0 bridgehead atoms. The quantitative estimate of drug-likeness (QED) is 0.0437. The molecule has 0 aromatic rings. The number of amides is 1. The Morgan fingerprint density at radius 2 is 0.846 bits per heavy atom. The molecular formula is C48H85NO3. The first kappa shape index (κ1) is 49.8. The van der Waals surface area contributed by atoms with Gasteiger partial charge in [0.15, 0.2) is 0 Å². The highest BCUT2D eigenvalue weighted by atomic mass is 16.3. The van der Waals surface area contributed by atoms with Gasteiger partial charge in [0.25, 0.3) is 0 Å². The first-order chi connectivity index (χ1) is 25.7. The van der Waals surface area contributed by atoms with Crippen LogP contribution < -0.4 is 5.32 Å². The molecule has 0 aliphatic rings. The summed E-state index contributed by atoms with van der Waals surface area (Å²) in [7, 11) is 0. The SMILES string of the molecule is CC/C=C\C/C=C\C/C=C\C/C=C\C/C=C\C/C=C\CCCCCCCCCCCCCCCCC(=O)NC(CO)C(O)CCCCCCCCC. The highest BCUT2D eigenvalue weighted by Crippen LogP contribution is 2.15. The lowest BCUT2D eigenvalue weighted by Gasteiger charge is -2.22. The van der Waals surface area contributed by atoms with E-state index >= 15 is 0 Å². The molecule has 0 fully saturated rings. The zero-order chi connectivity index (χ0) is 37.8. The zero-order valence-electron chi connectivity index (χ0n) is 34.3. The molecular weight excluding hydrogens is 639 g/mol. The Hall–Kier alpha value is -2.17. The van der Waals surface area contributed by atoms with Gasteiger partial charge in [-0.3, -0.25) is 4.79 Å². The average Bonchev–Trinajstić information content (AvgIpc) is 3.15. The van der Waals surface area contributed by atoms with E-state index in [0.717, 1.165) is 64.2 Å². The summed E-state index contributed by atoms with van der Waals surface area (Å²) in [6.45, 7) is 4.19. The third-order valence-electron chi connectivity index (χ3n) is 9.73. The largest absolute Gasteiger partial charge is 0.394 e. The van der Waals surface area contributed by atoms with Crippen LogP contribution in [0.3, 0.4) is 0 Å². The maximum Gasteiger partial charge on any atom is 0.220 e. The topological polar surface area (TPSA) is 69.6 Å². The molecule has 300 valence electrons. The average molecular weight is 724 g/mol. The van der Waals surface area contributed by atoms with Crippen LogP contribution in [0.2, 0.25) is 0 Å². The van der Waals surface area contributed by atoms with Gasteiger partial charge in [-0.05, 0) is 64.2 Å². The molecule has 0 rings (SSSR count). The van der Waals surface area contributed by atoms with Gasteiger partial charge in [-0.1, -0.05) is 209 Å². The van der Waals surface area contributed by atoms with Gasteiger partial charge in [-0.2, -0.15) is 0 Å². The van der Waals surface area contributed by atoms with Crippen LogP contribution >= 0.6 is 0 Å². The Balaban J connectivity index is 3.47. The first-order valence-electron chi connectivity index (χ1n) is 22.1. The third kappa shape index (κ3) is 39.0. The Morgan fingerprint density at radius 1 is 0.481 bits per heavy atom. The van der Waals surface area contributed by atoms with E-state index in [2.05, 4.69) is 92.1 Å². The van der Waals surface area contributed by atoms with Crippen LogP contribution in [0.25, 0.3) is 0 Å². The second-order valence-electron chi connectivity index (χ2n) is 14.7. The predicted molar refractivity (Wildman–Crippen MR) is 230 cm³/mol. The molecule has 1 amide bonds. The van der Waals surface area contributed by atoms with Crippen molar-refractivity contribution in [2.75, 3.05) is 6.61 Å². The fraction of sp³-hybridized carbons (Fsp3) is 0.729. The smallest absolute Gasteiger partial charge is 0.220 e. The number of allylic oxidation sites excluding steroid dienone is 12. The summed E-state index contributed by atoms with van der Waals surface area (Å²) in [4.78, 5) is 12.3. The van der Waals surface area contributed by atoms with Gasteiger partial charge >= 0.3 is 0 Å². The molecule has 0 radical (unpaired) electrons. The summed E-state index contributed by atoms with van der Waals surface area (Å²) < 4.78 is 0. The van der Waals surface area contributed by atoms with E-state index in [1.54, 1.807) is 0 Å². The maximum absolute atomic E-state index is 12.3. The van der Waals surface area contributed by atoms with Crippen molar-refractivity contribution in [1.82, 2.24) is 5.32 Å². The van der Waals surface area contributed by atoms with Crippen LogP contribution in [-0.2, 0) is 4.79 Å². The fourth-order valence-electron chi connectivity index (χ4n) is 6.36. The second kappa shape index (κ2) is 43.2. The van der Waals surface area contributed by atoms with E-state index in [-0.39, 0.29) is 12.5 Å². The first-order valence-corrected chi connectivity index (χ1v) is 22.1. The lowest BCUT2D eigenvalue weighted by Crippen LogP contribution is -2.45. The van der Waals surface area contributed by atoms with Gasteiger partial charge in [0.1, 0.15) is 0 Å². The molecule has 0 saturated heterocycles. The van der Waals surface area contributed by atoms with E-state index in [4.69, 9.17) is 0 Å². The molecule has 0 aromatic heterocycles. The van der Waals surface area contributed by atoms with Gasteiger partial charge in [0.2, 0.25) is 5.91 Å². The van der Waals surface area contributed by atoms with Gasteiger partial charge in [0.05, 0.1) is 18.8 Å².